The molecule has 7 heteroatoms. The van der Waals surface area contributed by atoms with Crippen molar-refractivity contribution < 1.29 is 23.9 Å². The number of imide groups is 1. The van der Waals surface area contributed by atoms with E-state index in [0.29, 0.717) is 17.7 Å². The summed E-state index contributed by atoms with van der Waals surface area (Å²) in [6, 6.07) is 5.38. The number of rotatable bonds is 7. The van der Waals surface area contributed by atoms with Gasteiger partial charge < -0.3 is 9.64 Å². The second kappa shape index (κ2) is 7.97. The van der Waals surface area contributed by atoms with Crippen LogP contribution in [0.2, 0.25) is 0 Å². The number of benzene rings is 1. The largest absolute Gasteiger partial charge is 0.462 e. The third kappa shape index (κ3) is 4.04. The summed E-state index contributed by atoms with van der Waals surface area (Å²) < 4.78 is 4.96. The molecule has 0 bridgehead atoms. The smallest absolute Gasteiger partial charge is 0.338 e. The zero-order valence-corrected chi connectivity index (χ0v) is 17.4. The van der Waals surface area contributed by atoms with Crippen LogP contribution in [0.4, 0.5) is 5.69 Å². The lowest BCUT2D eigenvalue weighted by atomic mass is 9.95. The lowest BCUT2D eigenvalue weighted by Crippen LogP contribution is -2.56. The van der Waals surface area contributed by atoms with Gasteiger partial charge in [0.05, 0.1) is 24.3 Å². The first-order valence-corrected chi connectivity index (χ1v) is 10.2. The Balaban J connectivity index is 1.86. The van der Waals surface area contributed by atoms with Crippen molar-refractivity contribution in [2.24, 2.45) is 5.92 Å². The van der Waals surface area contributed by atoms with Gasteiger partial charge in [0.25, 0.3) is 5.91 Å². The van der Waals surface area contributed by atoms with Crippen LogP contribution >= 0.6 is 0 Å². The predicted octanol–water partition coefficient (Wildman–Crippen LogP) is 2.92. The van der Waals surface area contributed by atoms with Gasteiger partial charge in [0.15, 0.2) is 0 Å². The summed E-state index contributed by atoms with van der Waals surface area (Å²) >= 11 is 0. The van der Waals surface area contributed by atoms with E-state index in [1.54, 1.807) is 24.0 Å². The van der Waals surface area contributed by atoms with Crippen LogP contribution in [0, 0.1) is 5.92 Å². The molecule has 1 atom stereocenters. The fraction of sp³-hybridized carbons (Fsp3) is 0.545. The van der Waals surface area contributed by atoms with Gasteiger partial charge in [-0.25, -0.2) is 9.69 Å². The van der Waals surface area contributed by atoms with E-state index >= 15 is 0 Å². The number of hydrogen-bond donors (Lipinski definition) is 0. The van der Waals surface area contributed by atoms with E-state index < -0.39 is 23.5 Å². The van der Waals surface area contributed by atoms with Gasteiger partial charge >= 0.3 is 5.97 Å². The van der Waals surface area contributed by atoms with Gasteiger partial charge in [-0.1, -0.05) is 6.92 Å². The maximum atomic E-state index is 13.2. The van der Waals surface area contributed by atoms with Crippen molar-refractivity contribution in [3.63, 3.8) is 0 Å². The van der Waals surface area contributed by atoms with E-state index in [1.165, 1.54) is 12.1 Å². The summed E-state index contributed by atoms with van der Waals surface area (Å²) in [4.78, 5) is 53.5. The Bertz CT molecular complexity index is 826. The van der Waals surface area contributed by atoms with Crippen LogP contribution in [-0.2, 0) is 19.1 Å². The number of carbonyl (C=O) groups excluding carboxylic acids is 4. The molecule has 3 amide bonds. The van der Waals surface area contributed by atoms with E-state index in [9.17, 15) is 19.2 Å². The van der Waals surface area contributed by atoms with Crippen LogP contribution in [-0.4, -0.2) is 46.8 Å². The topological polar surface area (TPSA) is 84.0 Å². The van der Waals surface area contributed by atoms with Gasteiger partial charge in [0.1, 0.15) is 6.04 Å². The van der Waals surface area contributed by atoms with Crippen molar-refractivity contribution in [1.29, 1.82) is 0 Å². The lowest BCUT2D eigenvalue weighted by Gasteiger charge is -2.41. The molecule has 7 nitrogen and oxygen atoms in total. The zero-order valence-electron chi connectivity index (χ0n) is 17.4. The van der Waals surface area contributed by atoms with Gasteiger partial charge in [0, 0.05) is 11.5 Å². The van der Waals surface area contributed by atoms with Gasteiger partial charge in [0.2, 0.25) is 11.8 Å². The molecule has 1 unspecified atom stereocenters. The molecule has 1 aliphatic carbocycles. The van der Waals surface area contributed by atoms with Crippen molar-refractivity contribution >= 4 is 29.4 Å². The van der Waals surface area contributed by atoms with E-state index in [0.717, 1.165) is 17.7 Å². The highest BCUT2D eigenvalue weighted by molar-refractivity contribution is 6.23. The molecule has 3 rings (SSSR count). The van der Waals surface area contributed by atoms with E-state index in [-0.39, 0.29) is 30.8 Å². The number of esters is 1. The van der Waals surface area contributed by atoms with Crippen LogP contribution < -0.4 is 4.90 Å². The lowest BCUT2D eigenvalue weighted by molar-refractivity contribution is -0.146. The third-order valence-electron chi connectivity index (χ3n) is 5.75. The first-order chi connectivity index (χ1) is 13.7. The third-order valence-corrected chi connectivity index (χ3v) is 5.75. The van der Waals surface area contributed by atoms with Gasteiger partial charge in [-0.05, 0) is 64.3 Å². The Hall–Kier alpha value is -2.70. The Morgan fingerprint density at radius 2 is 1.76 bits per heavy atom. The molecule has 2 fully saturated rings. The molecule has 1 aromatic rings. The maximum Gasteiger partial charge on any atom is 0.338 e. The van der Waals surface area contributed by atoms with Crippen LogP contribution in [0.1, 0.15) is 63.7 Å². The summed E-state index contributed by atoms with van der Waals surface area (Å²) in [7, 11) is 0. The molecular weight excluding hydrogens is 372 g/mol. The number of hydrogen-bond acceptors (Lipinski definition) is 5. The van der Waals surface area contributed by atoms with E-state index in [2.05, 4.69) is 0 Å². The number of amides is 3. The average molecular weight is 400 g/mol. The monoisotopic (exact) mass is 400 g/mol. The second-order valence-corrected chi connectivity index (χ2v) is 8.20. The molecule has 1 saturated heterocycles. The Morgan fingerprint density at radius 3 is 2.28 bits per heavy atom. The first-order valence-electron chi connectivity index (χ1n) is 10.2. The molecular formula is C22H28N2O5. The molecule has 1 aromatic carbocycles. The molecule has 156 valence electrons. The Kier molecular flexibility index (Phi) is 5.78. The summed E-state index contributed by atoms with van der Waals surface area (Å²) in [5.74, 6) is -1.27. The molecule has 29 heavy (non-hydrogen) atoms. The number of carbonyl (C=O) groups is 4. The maximum absolute atomic E-state index is 13.2. The van der Waals surface area contributed by atoms with Crippen LogP contribution in [0.15, 0.2) is 24.3 Å². The van der Waals surface area contributed by atoms with Gasteiger partial charge in [-0.2, -0.15) is 0 Å². The van der Waals surface area contributed by atoms with Crippen LogP contribution in [0.5, 0.6) is 0 Å². The molecule has 2 aliphatic rings. The highest BCUT2D eigenvalue weighted by atomic mass is 16.5. The van der Waals surface area contributed by atoms with E-state index in [4.69, 9.17) is 4.74 Å². The minimum absolute atomic E-state index is 0.0274. The molecule has 1 heterocycles. The SMILES string of the molecule is CCOC(=O)c1ccc(N2C(=O)CC(N(C(=O)C3CC3)C(C)(C)CC)C2=O)cc1. The van der Waals surface area contributed by atoms with Gasteiger partial charge in [-0.15, -0.1) is 0 Å². The number of ether oxygens (including phenoxy) is 1. The van der Waals surface area contributed by atoms with Crippen molar-refractivity contribution in [3.8, 4) is 0 Å². The summed E-state index contributed by atoms with van der Waals surface area (Å²) in [6.07, 6.45) is 2.32. The summed E-state index contributed by atoms with van der Waals surface area (Å²) in [5, 5.41) is 0. The first kappa shape index (κ1) is 21.0. The normalized spacial score (nSPS) is 19.4. The second-order valence-electron chi connectivity index (χ2n) is 8.20. The van der Waals surface area contributed by atoms with Crippen molar-refractivity contribution in [2.75, 3.05) is 11.5 Å². The minimum atomic E-state index is -0.796. The minimum Gasteiger partial charge on any atom is -0.462 e. The highest BCUT2D eigenvalue weighted by Gasteiger charge is 2.50. The van der Waals surface area contributed by atoms with Crippen molar-refractivity contribution in [2.45, 2.75) is 65.0 Å². The van der Waals surface area contributed by atoms with Crippen molar-refractivity contribution in [3.05, 3.63) is 29.8 Å². The molecule has 0 radical (unpaired) electrons. The molecule has 0 aromatic heterocycles. The Labute approximate surface area is 171 Å². The summed E-state index contributed by atoms with van der Waals surface area (Å²) in [6.45, 7) is 7.83. The summed E-state index contributed by atoms with van der Waals surface area (Å²) in [5.41, 5.74) is 0.219. The fourth-order valence-corrected chi connectivity index (χ4v) is 3.62. The number of nitrogens with zero attached hydrogens (tertiary/aromatic N) is 2. The average Bonchev–Trinajstić information content (AvgIpc) is 3.49. The number of anilines is 1. The quantitative estimate of drug-likeness (QED) is 0.519. The molecule has 1 saturated carbocycles. The van der Waals surface area contributed by atoms with E-state index in [1.807, 2.05) is 20.8 Å². The van der Waals surface area contributed by atoms with Crippen molar-refractivity contribution in [1.82, 2.24) is 4.90 Å². The van der Waals surface area contributed by atoms with Crippen LogP contribution in [0.3, 0.4) is 0 Å². The molecule has 0 spiro atoms. The highest BCUT2D eigenvalue weighted by Crippen LogP contribution is 2.38. The predicted molar refractivity (Wildman–Crippen MR) is 107 cm³/mol. The van der Waals surface area contributed by atoms with Crippen LogP contribution in [0.25, 0.3) is 0 Å². The fourth-order valence-electron chi connectivity index (χ4n) is 3.62. The van der Waals surface area contributed by atoms with Gasteiger partial charge in [-0.3, -0.25) is 14.4 Å². The standard InChI is InChI=1S/C22H28N2O5/c1-5-22(3,4)24(19(26)14-7-8-14)17-13-18(25)23(20(17)27)16-11-9-15(10-12-16)21(28)29-6-2/h9-12,14,17H,5-8,13H2,1-4H3. The molecule has 1 aliphatic heterocycles. The molecule has 0 N–H and O–H groups in total. The zero-order chi connectivity index (χ0) is 21.3. The Morgan fingerprint density at radius 1 is 1.14 bits per heavy atom.